The quantitative estimate of drug-likeness (QED) is 0.296. The van der Waals surface area contributed by atoms with Gasteiger partial charge in [-0.2, -0.15) is 0 Å². The Morgan fingerprint density at radius 2 is 2.10 bits per heavy atom. The normalized spacial score (nSPS) is 13.5. The molecular formula is C17H23BrO3. The molecule has 1 aromatic carbocycles. The predicted octanol–water partition coefficient (Wildman–Crippen LogP) is 4.62. The van der Waals surface area contributed by atoms with E-state index >= 15 is 0 Å². The average Bonchev–Trinajstić information content (AvgIpc) is 2.52. The molecule has 0 amide bonds. The summed E-state index contributed by atoms with van der Waals surface area (Å²) in [4.78, 5) is 22.5. The summed E-state index contributed by atoms with van der Waals surface area (Å²) in [5, 5.41) is 0. The van der Waals surface area contributed by atoms with Crippen LogP contribution in [0.15, 0.2) is 18.2 Å². The van der Waals surface area contributed by atoms with Gasteiger partial charge < -0.3 is 9.53 Å². The van der Waals surface area contributed by atoms with Crippen molar-refractivity contribution >= 4 is 28.2 Å². The van der Waals surface area contributed by atoms with E-state index in [1.165, 1.54) is 0 Å². The third-order valence-corrected chi connectivity index (χ3v) is 4.24. The van der Waals surface area contributed by atoms with Crippen molar-refractivity contribution in [3.8, 4) is 5.75 Å². The van der Waals surface area contributed by atoms with Gasteiger partial charge in [0.1, 0.15) is 12.0 Å². The topological polar surface area (TPSA) is 43.4 Å². The summed E-state index contributed by atoms with van der Waals surface area (Å²) in [5.74, 6) is 0.0582. The number of alkyl halides is 1. The van der Waals surface area contributed by atoms with E-state index in [9.17, 15) is 9.59 Å². The van der Waals surface area contributed by atoms with Gasteiger partial charge in [0.2, 0.25) is 0 Å². The molecule has 21 heavy (non-hydrogen) atoms. The second-order valence-electron chi connectivity index (χ2n) is 5.24. The number of hydrogen-bond acceptors (Lipinski definition) is 3. The van der Waals surface area contributed by atoms with Crippen molar-refractivity contribution in [1.82, 2.24) is 0 Å². The number of aldehydes is 1. The molecule has 0 saturated heterocycles. The Labute approximate surface area is 135 Å². The smallest absolute Gasteiger partial charge is 0.314 e. The SMILES string of the molecule is CCCCc1ccc(OC(=O)C(C)CC)c(C(Br)C=O)c1. The third-order valence-electron chi connectivity index (χ3n) is 3.54. The molecule has 1 rings (SSSR count). The number of carbonyl (C=O) groups is 2. The Hall–Kier alpha value is -1.16. The van der Waals surface area contributed by atoms with Crippen LogP contribution in [-0.2, 0) is 16.0 Å². The fourth-order valence-corrected chi connectivity index (χ4v) is 2.25. The van der Waals surface area contributed by atoms with E-state index < -0.39 is 4.83 Å². The van der Waals surface area contributed by atoms with Gasteiger partial charge in [-0.05, 0) is 30.9 Å². The monoisotopic (exact) mass is 354 g/mol. The van der Waals surface area contributed by atoms with Crippen molar-refractivity contribution in [3.63, 3.8) is 0 Å². The number of halogens is 1. The van der Waals surface area contributed by atoms with Crippen LogP contribution in [0.25, 0.3) is 0 Å². The summed E-state index contributed by atoms with van der Waals surface area (Å²) in [7, 11) is 0. The number of hydrogen-bond donors (Lipinski definition) is 0. The van der Waals surface area contributed by atoms with E-state index in [1.54, 1.807) is 6.07 Å². The minimum atomic E-state index is -0.459. The zero-order valence-electron chi connectivity index (χ0n) is 12.9. The highest BCUT2D eigenvalue weighted by Gasteiger charge is 2.19. The van der Waals surface area contributed by atoms with E-state index in [1.807, 2.05) is 26.0 Å². The third kappa shape index (κ3) is 5.27. The lowest BCUT2D eigenvalue weighted by Crippen LogP contribution is -2.18. The summed E-state index contributed by atoms with van der Waals surface area (Å²) in [5.41, 5.74) is 1.87. The summed E-state index contributed by atoms with van der Waals surface area (Å²) >= 11 is 3.32. The predicted molar refractivity (Wildman–Crippen MR) is 87.9 cm³/mol. The van der Waals surface area contributed by atoms with Gasteiger partial charge in [0.05, 0.1) is 10.7 Å². The van der Waals surface area contributed by atoms with Gasteiger partial charge in [-0.1, -0.05) is 55.3 Å². The van der Waals surface area contributed by atoms with Gasteiger partial charge in [0.25, 0.3) is 0 Å². The second kappa shape index (κ2) is 8.98. The van der Waals surface area contributed by atoms with E-state index in [2.05, 4.69) is 22.9 Å². The fourth-order valence-electron chi connectivity index (χ4n) is 1.89. The lowest BCUT2D eigenvalue weighted by Gasteiger charge is -2.15. The standard InChI is InChI=1S/C17H23BrO3/c1-4-6-7-13-8-9-16(14(10-13)15(18)11-19)21-17(20)12(3)5-2/h8-12,15H,4-7H2,1-3H3. The van der Waals surface area contributed by atoms with Crippen LogP contribution in [0.2, 0.25) is 0 Å². The number of carbonyl (C=O) groups excluding carboxylic acids is 2. The first-order valence-corrected chi connectivity index (χ1v) is 8.38. The zero-order valence-corrected chi connectivity index (χ0v) is 14.5. The second-order valence-corrected chi connectivity index (χ2v) is 6.23. The summed E-state index contributed by atoms with van der Waals surface area (Å²) < 4.78 is 5.45. The first-order valence-electron chi connectivity index (χ1n) is 7.47. The highest BCUT2D eigenvalue weighted by atomic mass is 79.9. The van der Waals surface area contributed by atoms with Gasteiger partial charge in [-0.3, -0.25) is 4.79 Å². The van der Waals surface area contributed by atoms with Crippen molar-refractivity contribution in [2.45, 2.75) is 51.3 Å². The number of ether oxygens (including phenoxy) is 1. The molecule has 0 bridgehead atoms. The molecule has 116 valence electrons. The molecule has 0 spiro atoms. The van der Waals surface area contributed by atoms with E-state index in [0.29, 0.717) is 5.75 Å². The van der Waals surface area contributed by atoms with Crippen molar-refractivity contribution in [3.05, 3.63) is 29.3 Å². The van der Waals surface area contributed by atoms with Crippen molar-refractivity contribution < 1.29 is 14.3 Å². The van der Waals surface area contributed by atoms with Crippen LogP contribution < -0.4 is 4.74 Å². The maximum Gasteiger partial charge on any atom is 0.314 e. The van der Waals surface area contributed by atoms with Gasteiger partial charge in [0.15, 0.2) is 0 Å². The van der Waals surface area contributed by atoms with Crippen molar-refractivity contribution in [2.24, 2.45) is 5.92 Å². The van der Waals surface area contributed by atoms with Crippen LogP contribution in [0, 0.1) is 5.92 Å². The van der Waals surface area contributed by atoms with E-state index in [4.69, 9.17) is 4.74 Å². The molecule has 0 aliphatic rings. The lowest BCUT2D eigenvalue weighted by atomic mass is 10.0. The van der Waals surface area contributed by atoms with Crippen molar-refractivity contribution in [2.75, 3.05) is 0 Å². The molecule has 0 heterocycles. The molecule has 2 unspecified atom stereocenters. The maximum atomic E-state index is 11.9. The molecule has 0 N–H and O–H groups in total. The van der Waals surface area contributed by atoms with Gasteiger partial charge in [-0.25, -0.2) is 0 Å². The fraction of sp³-hybridized carbons (Fsp3) is 0.529. The lowest BCUT2D eigenvalue weighted by molar-refractivity contribution is -0.138. The molecular weight excluding hydrogens is 332 g/mol. The molecule has 1 aromatic rings. The first-order chi connectivity index (χ1) is 10.0. The maximum absolute atomic E-state index is 11.9. The first kappa shape index (κ1) is 17.9. The summed E-state index contributed by atoms with van der Waals surface area (Å²) in [6, 6.07) is 5.70. The summed E-state index contributed by atoms with van der Waals surface area (Å²) in [6.45, 7) is 5.92. The highest BCUT2D eigenvalue weighted by molar-refractivity contribution is 9.09. The molecule has 0 aliphatic carbocycles. The molecule has 0 aromatic heterocycles. The van der Waals surface area contributed by atoms with Crippen molar-refractivity contribution in [1.29, 1.82) is 0 Å². The van der Waals surface area contributed by atoms with Crippen LogP contribution in [0.1, 0.15) is 56.0 Å². The Morgan fingerprint density at radius 3 is 2.67 bits per heavy atom. The van der Waals surface area contributed by atoms with Crippen LogP contribution in [0.5, 0.6) is 5.75 Å². The van der Waals surface area contributed by atoms with Crippen LogP contribution >= 0.6 is 15.9 Å². The molecule has 3 nitrogen and oxygen atoms in total. The number of benzene rings is 1. The molecule has 0 fully saturated rings. The van der Waals surface area contributed by atoms with Crippen LogP contribution in [-0.4, -0.2) is 12.3 Å². The zero-order chi connectivity index (χ0) is 15.8. The number of aryl methyl sites for hydroxylation is 1. The average molecular weight is 355 g/mol. The Kier molecular flexibility index (Phi) is 7.65. The minimum Gasteiger partial charge on any atom is -0.426 e. The van der Waals surface area contributed by atoms with Gasteiger partial charge in [-0.15, -0.1) is 0 Å². The molecule has 0 saturated carbocycles. The van der Waals surface area contributed by atoms with Crippen LogP contribution in [0.3, 0.4) is 0 Å². The van der Waals surface area contributed by atoms with Gasteiger partial charge in [0, 0.05) is 5.56 Å². The summed E-state index contributed by atoms with van der Waals surface area (Å²) in [6.07, 6.45) is 4.71. The van der Waals surface area contributed by atoms with Crippen LogP contribution in [0.4, 0.5) is 0 Å². The number of esters is 1. The molecule has 4 heteroatoms. The highest BCUT2D eigenvalue weighted by Crippen LogP contribution is 2.32. The molecule has 2 atom stereocenters. The Morgan fingerprint density at radius 1 is 1.38 bits per heavy atom. The van der Waals surface area contributed by atoms with Gasteiger partial charge >= 0.3 is 5.97 Å². The number of unbranched alkanes of at least 4 members (excludes halogenated alkanes) is 1. The Bertz CT molecular complexity index is 485. The van der Waals surface area contributed by atoms with E-state index in [-0.39, 0.29) is 11.9 Å². The Balaban J connectivity index is 3.01. The molecule has 0 radical (unpaired) electrons. The number of rotatable bonds is 8. The largest absolute Gasteiger partial charge is 0.426 e. The van der Waals surface area contributed by atoms with E-state index in [0.717, 1.165) is 43.1 Å². The molecule has 0 aliphatic heterocycles. The minimum absolute atomic E-state index is 0.150.